The first kappa shape index (κ1) is 25.3. The molecule has 0 saturated heterocycles. The lowest BCUT2D eigenvalue weighted by atomic mass is 9.95. The zero-order valence-corrected chi connectivity index (χ0v) is 21.6. The van der Waals surface area contributed by atoms with E-state index in [1.54, 1.807) is 25.7 Å². The number of carbonyl (C=O) groups excluding carboxylic acids is 3. The molecule has 2 N–H and O–H groups in total. The molecule has 2 aliphatic rings. The summed E-state index contributed by atoms with van der Waals surface area (Å²) < 4.78 is 1.51. The Morgan fingerprint density at radius 3 is 2.49 bits per heavy atom. The number of thioether (sulfide) groups is 1. The Kier molecular flexibility index (Phi) is 7.84. The largest absolute Gasteiger partial charge is 0.351 e. The molecule has 2 heterocycles. The first-order chi connectivity index (χ1) is 16.8. The first-order valence-electron chi connectivity index (χ1n) is 12.4. The minimum absolute atomic E-state index is 0.141. The third-order valence-corrected chi connectivity index (χ3v) is 8.02. The lowest BCUT2D eigenvalue weighted by Crippen LogP contribution is -2.63. The topological polar surface area (TPSA) is 96.3 Å². The molecule has 188 valence electrons. The summed E-state index contributed by atoms with van der Waals surface area (Å²) in [7, 11) is 1.65. The fraction of sp³-hybridized carbons (Fsp3) is 0.538. The van der Waals surface area contributed by atoms with Gasteiger partial charge in [-0.2, -0.15) is 5.10 Å². The van der Waals surface area contributed by atoms with Crippen molar-refractivity contribution in [1.82, 2.24) is 25.3 Å². The van der Waals surface area contributed by atoms with Crippen molar-refractivity contribution in [2.45, 2.75) is 74.9 Å². The van der Waals surface area contributed by atoms with Crippen LogP contribution in [0, 0.1) is 0 Å². The van der Waals surface area contributed by atoms with Crippen molar-refractivity contribution in [1.29, 1.82) is 0 Å². The van der Waals surface area contributed by atoms with Gasteiger partial charge < -0.3 is 15.5 Å². The molecule has 1 aliphatic carbocycles. The lowest BCUT2D eigenvalue weighted by Gasteiger charge is -2.41. The van der Waals surface area contributed by atoms with E-state index >= 15 is 0 Å². The van der Waals surface area contributed by atoms with Crippen LogP contribution in [0.3, 0.4) is 0 Å². The highest BCUT2D eigenvalue weighted by molar-refractivity contribution is 7.98. The number of hydrogen-bond acceptors (Lipinski definition) is 5. The Bertz CT molecular complexity index is 1080. The molecule has 1 aromatic heterocycles. The predicted molar refractivity (Wildman–Crippen MR) is 137 cm³/mol. The molecule has 1 saturated carbocycles. The Hall–Kier alpha value is -2.81. The van der Waals surface area contributed by atoms with Crippen LogP contribution in [-0.2, 0) is 17.8 Å². The van der Waals surface area contributed by atoms with Gasteiger partial charge in [0.25, 0.3) is 11.8 Å². The van der Waals surface area contributed by atoms with Gasteiger partial charge in [0.1, 0.15) is 11.2 Å². The van der Waals surface area contributed by atoms with Crippen molar-refractivity contribution in [2.75, 3.05) is 19.8 Å². The van der Waals surface area contributed by atoms with E-state index in [2.05, 4.69) is 40.0 Å². The third kappa shape index (κ3) is 5.55. The van der Waals surface area contributed by atoms with Crippen LogP contribution in [0.5, 0.6) is 0 Å². The van der Waals surface area contributed by atoms with E-state index < -0.39 is 5.54 Å². The normalized spacial score (nSPS) is 20.8. The summed E-state index contributed by atoms with van der Waals surface area (Å²) in [5, 5.41) is 10.5. The van der Waals surface area contributed by atoms with Gasteiger partial charge in [-0.05, 0) is 50.1 Å². The molecule has 1 aromatic carbocycles. The van der Waals surface area contributed by atoms with Gasteiger partial charge in [0.15, 0.2) is 5.69 Å². The number of carbonyl (C=O) groups is 3. The summed E-state index contributed by atoms with van der Waals surface area (Å²) in [6.07, 6.45) is 9.31. The Balaban J connectivity index is 1.40. The van der Waals surface area contributed by atoms with Gasteiger partial charge in [-0.25, -0.2) is 0 Å². The fourth-order valence-corrected chi connectivity index (χ4v) is 5.21. The number of likely N-dealkylation sites (N-methyl/N-ethyl adjacent to an activating group) is 1. The second kappa shape index (κ2) is 10.8. The van der Waals surface area contributed by atoms with Crippen LogP contribution < -0.4 is 10.6 Å². The number of nitrogens with one attached hydrogen (secondary N) is 2. The zero-order chi connectivity index (χ0) is 25.0. The molecule has 4 rings (SSSR count). The number of hydrogen-bond donors (Lipinski definition) is 2. The smallest absolute Gasteiger partial charge is 0.272 e. The maximum Gasteiger partial charge on any atom is 0.272 e. The van der Waals surface area contributed by atoms with Crippen molar-refractivity contribution in [3.05, 3.63) is 47.3 Å². The van der Waals surface area contributed by atoms with Crippen LogP contribution in [0.2, 0.25) is 0 Å². The standard InChI is InChI=1S/C26H35N5O3S/c1-26(25(34)28-19-8-6-4-5-7-9-19)17-31-22(24(33)30(26)2)16-21(29-31)23(32)27-15-14-18-10-12-20(35-3)13-11-18/h10-13,16,19H,4-9,14-15,17H2,1-3H3,(H,27,32)(H,28,34)/t26-/m1/s1. The van der Waals surface area contributed by atoms with E-state index in [0.717, 1.165) is 31.2 Å². The molecule has 1 aliphatic heterocycles. The number of amides is 3. The van der Waals surface area contributed by atoms with Gasteiger partial charge in [-0.1, -0.05) is 37.8 Å². The summed E-state index contributed by atoms with van der Waals surface area (Å²) in [6, 6.07) is 9.91. The number of aromatic nitrogens is 2. The highest BCUT2D eigenvalue weighted by Gasteiger charge is 2.46. The van der Waals surface area contributed by atoms with Crippen LogP contribution in [0.15, 0.2) is 35.2 Å². The van der Waals surface area contributed by atoms with Crippen LogP contribution >= 0.6 is 11.8 Å². The summed E-state index contributed by atoms with van der Waals surface area (Å²) >= 11 is 1.69. The molecule has 0 spiro atoms. The summed E-state index contributed by atoms with van der Waals surface area (Å²) in [5.41, 5.74) is 0.580. The molecule has 2 aromatic rings. The molecule has 35 heavy (non-hydrogen) atoms. The number of rotatable bonds is 7. The van der Waals surface area contributed by atoms with Crippen molar-refractivity contribution >= 4 is 29.5 Å². The van der Waals surface area contributed by atoms with E-state index in [0.29, 0.717) is 18.7 Å². The van der Waals surface area contributed by atoms with Gasteiger partial charge in [-0.3, -0.25) is 19.1 Å². The van der Waals surface area contributed by atoms with Gasteiger partial charge in [0.2, 0.25) is 5.91 Å². The van der Waals surface area contributed by atoms with Gasteiger partial charge in [0.05, 0.1) is 6.54 Å². The van der Waals surface area contributed by atoms with Crippen molar-refractivity contribution in [3.8, 4) is 0 Å². The van der Waals surface area contributed by atoms with Crippen molar-refractivity contribution in [3.63, 3.8) is 0 Å². The molecule has 3 amide bonds. The van der Waals surface area contributed by atoms with Gasteiger partial charge in [0, 0.05) is 30.6 Å². The minimum atomic E-state index is -1.07. The maximum atomic E-state index is 13.3. The summed E-state index contributed by atoms with van der Waals surface area (Å²) in [5.74, 6) is -0.803. The first-order valence-corrected chi connectivity index (χ1v) is 13.6. The SMILES string of the molecule is CSc1ccc(CCNC(=O)c2cc3n(n2)C[C@](C)(C(=O)NC2CCCCCC2)N(C)C3=O)cc1. The Morgan fingerprint density at radius 1 is 1.14 bits per heavy atom. The average Bonchev–Trinajstić information content (AvgIpc) is 3.11. The average molecular weight is 498 g/mol. The molecular formula is C26H35N5O3S. The van der Waals surface area contributed by atoms with E-state index in [1.807, 2.05) is 6.26 Å². The third-order valence-electron chi connectivity index (χ3n) is 7.27. The highest BCUT2D eigenvalue weighted by Crippen LogP contribution is 2.27. The second-order valence-electron chi connectivity index (χ2n) is 9.73. The monoisotopic (exact) mass is 497 g/mol. The van der Waals surface area contributed by atoms with Crippen LogP contribution in [0.4, 0.5) is 0 Å². The van der Waals surface area contributed by atoms with E-state index in [-0.39, 0.29) is 36.0 Å². The van der Waals surface area contributed by atoms with Gasteiger partial charge in [-0.15, -0.1) is 11.8 Å². The molecule has 1 atom stereocenters. The molecule has 9 heteroatoms. The molecule has 0 unspecified atom stereocenters. The van der Waals surface area contributed by atoms with E-state index in [4.69, 9.17) is 0 Å². The maximum absolute atomic E-state index is 13.3. The lowest BCUT2D eigenvalue weighted by molar-refractivity contribution is -0.133. The van der Waals surface area contributed by atoms with Crippen LogP contribution in [0.25, 0.3) is 0 Å². The van der Waals surface area contributed by atoms with Crippen molar-refractivity contribution < 1.29 is 14.4 Å². The van der Waals surface area contributed by atoms with Crippen LogP contribution in [-0.4, -0.2) is 63.8 Å². The fourth-order valence-electron chi connectivity index (χ4n) is 4.81. The van der Waals surface area contributed by atoms with E-state index in [1.165, 1.54) is 33.4 Å². The molecule has 1 fully saturated rings. The van der Waals surface area contributed by atoms with Gasteiger partial charge >= 0.3 is 0 Å². The highest BCUT2D eigenvalue weighted by atomic mass is 32.2. The Labute approximate surface area is 211 Å². The molecule has 0 bridgehead atoms. The second-order valence-corrected chi connectivity index (χ2v) is 10.6. The summed E-state index contributed by atoms with van der Waals surface area (Å²) in [4.78, 5) is 41.8. The zero-order valence-electron chi connectivity index (χ0n) is 20.8. The molecule has 8 nitrogen and oxygen atoms in total. The minimum Gasteiger partial charge on any atom is -0.351 e. The molecule has 0 radical (unpaired) electrons. The predicted octanol–water partition coefficient (Wildman–Crippen LogP) is 3.26. The van der Waals surface area contributed by atoms with E-state index in [9.17, 15) is 14.4 Å². The molecular weight excluding hydrogens is 462 g/mol. The van der Waals surface area contributed by atoms with Crippen molar-refractivity contribution in [2.24, 2.45) is 0 Å². The van der Waals surface area contributed by atoms with Crippen LogP contribution in [0.1, 0.15) is 72.0 Å². The Morgan fingerprint density at radius 2 is 1.83 bits per heavy atom. The number of fused-ring (bicyclic) bond motifs is 1. The number of nitrogens with zero attached hydrogens (tertiary/aromatic N) is 3. The summed E-state index contributed by atoms with van der Waals surface area (Å²) in [6.45, 7) is 2.44. The number of benzene rings is 1. The quantitative estimate of drug-likeness (QED) is 0.452.